The van der Waals surface area contributed by atoms with Crippen LogP contribution in [0.4, 0.5) is 0 Å². The minimum Gasteiger partial charge on any atom is -0.496 e. The van der Waals surface area contributed by atoms with Crippen molar-refractivity contribution in [2.45, 2.75) is 13.0 Å². The van der Waals surface area contributed by atoms with Crippen molar-refractivity contribution in [3.05, 3.63) is 57.9 Å². The smallest absolute Gasteiger partial charge is 0.253 e. The van der Waals surface area contributed by atoms with Gasteiger partial charge in [0.05, 0.1) is 34.0 Å². The van der Waals surface area contributed by atoms with Crippen LogP contribution in [0, 0.1) is 0 Å². The summed E-state index contributed by atoms with van der Waals surface area (Å²) in [4.78, 5) is 15.4. The highest BCUT2D eigenvalue weighted by Gasteiger charge is 2.12. The average molecular weight is 398 g/mol. The maximum atomic E-state index is 12.5. The second-order valence-electron chi connectivity index (χ2n) is 6.46. The van der Waals surface area contributed by atoms with E-state index in [9.17, 15) is 4.79 Å². The van der Waals surface area contributed by atoms with E-state index in [2.05, 4.69) is 10.3 Å². The Morgan fingerprint density at radius 3 is 2.28 bits per heavy atom. The van der Waals surface area contributed by atoms with Crippen LogP contribution in [0.2, 0.25) is 0 Å². The normalized spacial score (nSPS) is 10.8. The Balaban J connectivity index is 1.75. The molecule has 0 amide bonds. The number of ether oxygens (including phenoxy) is 4. The Bertz CT molecular complexity index is 1050. The van der Waals surface area contributed by atoms with Crippen molar-refractivity contribution >= 4 is 10.9 Å². The van der Waals surface area contributed by atoms with Gasteiger partial charge >= 0.3 is 0 Å². The lowest BCUT2D eigenvalue weighted by Gasteiger charge is -2.13. The van der Waals surface area contributed by atoms with Gasteiger partial charge in [-0.1, -0.05) is 12.1 Å². The van der Waals surface area contributed by atoms with Gasteiger partial charge in [-0.05, 0) is 42.8 Å². The SMILES string of the molecule is COc1cccc(CCNCc2cc3c(OC)ccc(OC)c3[nH]c2=O)c1OC. The lowest BCUT2D eigenvalue weighted by atomic mass is 10.1. The topological polar surface area (TPSA) is 81.8 Å². The lowest BCUT2D eigenvalue weighted by Crippen LogP contribution is -2.23. The fourth-order valence-electron chi connectivity index (χ4n) is 3.36. The second-order valence-corrected chi connectivity index (χ2v) is 6.46. The number of H-pyrrole nitrogens is 1. The highest BCUT2D eigenvalue weighted by molar-refractivity contribution is 5.90. The average Bonchev–Trinajstić information content (AvgIpc) is 2.75. The van der Waals surface area contributed by atoms with Crippen molar-refractivity contribution < 1.29 is 18.9 Å². The molecule has 0 aliphatic heterocycles. The van der Waals surface area contributed by atoms with Gasteiger partial charge in [0.1, 0.15) is 11.5 Å². The maximum absolute atomic E-state index is 12.5. The van der Waals surface area contributed by atoms with E-state index in [1.165, 1.54) is 0 Å². The molecule has 0 bridgehead atoms. The summed E-state index contributed by atoms with van der Waals surface area (Å²) < 4.78 is 21.6. The van der Waals surface area contributed by atoms with Crippen molar-refractivity contribution in [1.29, 1.82) is 0 Å². The number of methoxy groups -OCH3 is 4. The second kappa shape index (κ2) is 9.34. The first-order valence-corrected chi connectivity index (χ1v) is 9.30. The third kappa shape index (κ3) is 4.30. The van der Waals surface area contributed by atoms with E-state index in [1.54, 1.807) is 34.5 Å². The minimum atomic E-state index is -0.157. The monoisotopic (exact) mass is 398 g/mol. The highest BCUT2D eigenvalue weighted by atomic mass is 16.5. The summed E-state index contributed by atoms with van der Waals surface area (Å²) in [6.45, 7) is 1.11. The molecule has 2 N–H and O–H groups in total. The van der Waals surface area contributed by atoms with Gasteiger partial charge < -0.3 is 29.2 Å². The predicted molar refractivity (Wildman–Crippen MR) is 113 cm³/mol. The van der Waals surface area contributed by atoms with Gasteiger partial charge in [-0.2, -0.15) is 0 Å². The molecule has 0 radical (unpaired) electrons. The molecule has 1 heterocycles. The summed E-state index contributed by atoms with van der Waals surface area (Å²) in [6, 6.07) is 11.2. The number of para-hydroxylation sites is 1. The van der Waals surface area contributed by atoms with Crippen LogP contribution in [0.15, 0.2) is 41.2 Å². The number of hydrogen-bond acceptors (Lipinski definition) is 6. The molecular formula is C22H26N2O5. The van der Waals surface area contributed by atoms with E-state index in [4.69, 9.17) is 18.9 Å². The Labute approximate surface area is 169 Å². The molecule has 154 valence electrons. The van der Waals surface area contributed by atoms with Crippen LogP contribution in [-0.2, 0) is 13.0 Å². The molecular weight excluding hydrogens is 372 g/mol. The van der Waals surface area contributed by atoms with Crippen LogP contribution in [0.1, 0.15) is 11.1 Å². The van der Waals surface area contributed by atoms with E-state index in [1.807, 2.05) is 30.3 Å². The molecule has 1 aromatic heterocycles. The largest absolute Gasteiger partial charge is 0.496 e. The van der Waals surface area contributed by atoms with Crippen LogP contribution in [0.5, 0.6) is 23.0 Å². The fraction of sp³-hybridized carbons (Fsp3) is 0.318. The molecule has 0 unspecified atom stereocenters. The van der Waals surface area contributed by atoms with E-state index in [0.29, 0.717) is 41.4 Å². The number of aromatic nitrogens is 1. The number of rotatable bonds is 9. The molecule has 0 aliphatic rings. The number of nitrogens with one attached hydrogen (secondary N) is 2. The first-order chi connectivity index (χ1) is 14.1. The number of pyridine rings is 1. The molecule has 0 saturated carbocycles. The standard InChI is InChI=1S/C22H26N2O5/c1-26-17-8-9-18(27-2)20-16(17)12-15(22(25)24-20)13-23-11-10-14-6-5-7-19(28-3)21(14)29-4/h5-9,12,23H,10-11,13H2,1-4H3,(H,24,25). The Morgan fingerprint density at radius 1 is 0.862 bits per heavy atom. The summed E-state index contributed by atoms with van der Waals surface area (Å²) in [6.07, 6.45) is 0.739. The summed E-state index contributed by atoms with van der Waals surface area (Å²) in [5, 5.41) is 4.13. The fourth-order valence-corrected chi connectivity index (χ4v) is 3.36. The van der Waals surface area contributed by atoms with Gasteiger partial charge in [-0.25, -0.2) is 0 Å². The molecule has 3 aromatic rings. The molecule has 0 fully saturated rings. The molecule has 29 heavy (non-hydrogen) atoms. The Morgan fingerprint density at radius 2 is 1.59 bits per heavy atom. The summed E-state index contributed by atoms with van der Waals surface area (Å²) in [7, 11) is 6.42. The van der Waals surface area contributed by atoms with E-state index < -0.39 is 0 Å². The van der Waals surface area contributed by atoms with Crippen molar-refractivity contribution in [2.75, 3.05) is 35.0 Å². The lowest BCUT2D eigenvalue weighted by molar-refractivity contribution is 0.351. The molecule has 2 aromatic carbocycles. The molecule has 0 saturated heterocycles. The molecule has 0 spiro atoms. The van der Waals surface area contributed by atoms with Crippen LogP contribution in [-0.4, -0.2) is 40.0 Å². The number of hydrogen-bond donors (Lipinski definition) is 2. The van der Waals surface area contributed by atoms with Crippen LogP contribution in [0.25, 0.3) is 10.9 Å². The van der Waals surface area contributed by atoms with E-state index in [0.717, 1.165) is 23.1 Å². The molecule has 0 aliphatic carbocycles. The first-order valence-electron chi connectivity index (χ1n) is 9.30. The molecule has 7 heteroatoms. The van der Waals surface area contributed by atoms with Crippen molar-refractivity contribution in [1.82, 2.24) is 10.3 Å². The van der Waals surface area contributed by atoms with Crippen molar-refractivity contribution in [2.24, 2.45) is 0 Å². The number of benzene rings is 2. The molecule has 7 nitrogen and oxygen atoms in total. The predicted octanol–water partition coefficient (Wildman–Crippen LogP) is 2.89. The molecule has 0 atom stereocenters. The third-order valence-corrected chi connectivity index (χ3v) is 4.83. The van der Waals surface area contributed by atoms with E-state index in [-0.39, 0.29) is 5.56 Å². The van der Waals surface area contributed by atoms with Gasteiger partial charge in [0.2, 0.25) is 0 Å². The number of fused-ring (bicyclic) bond motifs is 1. The summed E-state index contributed by atoms with van der Waals surface area (Å²) in [5.74, 6) is 2.72. The van der Waals surface area contributed by atoms with Gasteiger partial charge in [-0.15, -0.1) is 0 Å². The van der Waals surface area contributed by atoms with Gasteiger partial charge in [0.25, 0.3) is 5.56 Å². The van der Waals surface area contributed by atoms with E-state index >= 15 is 0 Å². The zero-order valence-corrected chi connectivity index (χ0v) is 17.1. The summed E-state index contributed by atoms with van der Waals surface area (Å²) in [5.41, 5.74) is 2.14. The zero-order valence-electron chi connectivity index (χ0n) is 17.1. The quantitative estimate of drug-likeness (QED) is 0.540. The van der Waals surface area contributed by atoms with Gasteiger partial charge in [0.15, 0.2) is 11.5 Å². The maximum Gasteiger partial charge on any atom is 0.253 e. The number of aromatic amines is 1. The van der Waals surface area contributed by atoms with Gasteiger partial charge in [-0.3, -0.25) is 4.79 Å². The van der Waals surface area contributed by atoms with Crippen molar-refractivity contribution in [3.8, 4) is 23.0 Å². The minimum absolute atomic E-state index is 0.157. The van der Waals surface area contributed by atoms with Crippen LogP contribution in [0.3, 0.4) is 0 Å². The summed E-state index contributed by atoms with van der Waals surface area (Å²) >= 11 is 0. The Kier molecular flexibility index (Phi) is 6.61. The third-order valence-electron chi connectivity index (χ3n) is 4.83. The first kappa shape index (κ1) is 20.5. The Hall–Kier alpha value is -3.19. The van der Waals surface area contributed by atoms with Crippen LogP contribution >= 0.6 is 0 Å². The molecule has 3 rings (SSSR count). The van der Waals surface area contributed by atoms with Crippen LogP contribution < -0.4 is 29.8 Å². The van der Waals surface area contributed by atoms with Crippen molar-refractivity contribution in [3.63, 3.8) is 0 Å². The van der Waals surface area contributed by atoms with Gasteiger partial charge in [0, 0.05) is 17.5 Å². The zero-order chi connectivity index (χ0) is 20.8. The highest BCUT2D eigenvalue weighted by Crippen LogP contribution is 2.32.